The molecule has 0 spiro atoms. The molecule has 2 unspecified atom stereocenters. The van der Waals surface area contributed by atoms with E-state index < -0.39 is 0 Å². The maximum Gasteiger partial charge on any atom is 0.191 e. The molecule has 0 aromatic heterocycles. The van der Waals surface area contributed by atoms with Gasteiger partial charge in [0.1, 0.15) is 0 Å². The maximum absolute atomic E-state index is 5.90. The summed E-state index contributed by atoms with van der Waals surface area (Å²) in [6.45, 7) is 5.72. The number of aliphatic imine (C=N–C) groups is 1. The van der Waals surface area contributed by atoms with Gasteiger partial charge in [-0.2, -0.15) is 0 Å². The minimum Gasteiger partial charge on any atom is -0.381 e. The number of hydrogen-bond donors (Lipinski definition) is 2. The quantitative estimate of drug-likeness (QED) is 0.269. The third kappa shape index (κ3) is 8.34. The Bertz CT molecular complexity index is 349. The van der Waals surface area contributed by atoms with Crippen molar-refractivity contribution in [1.82, 2.24) is 10.6 Å². The minimum absolute atomic E-state index is 0. The van der Waals surface area contributed by atoms with Crippen LogP contribution in [0, 0.1) is 5.92 Å². The molecule has 0 radical (unpaired) electrons. The van der Waals surface area contributed by atoms with Crippen molar-refractivity contribution in [3.05, 3.63) is 0 Å². The predicted molar refractivity (Wildman–Crippen MR) is 110 cm³/mol. The molecular weight excluding hydrogens is 417 g/mol. The summed E-state index contributed by atoms with van der Waals surface area (Å²) in [6.07, 6.45) is 10.1. The SMILES string of the molecule is CCC1CCCC(NC(=NC)NCCCOC2CCOCC2)C1.I. The summed E-state index contributed by atoms with van der Waals surface area (Å²) in [5.74, 6) is 1.82. The molecule has 24 heavy (non-hydrogen) atoms. The van der Waals surface area contributed by atoms with Crippen LogP contribution < -0.4 is 10.6 Å². The molecule has 2 aliphatic rings. The Morgan fingerprint density at radius 3 is 2.71 bits per heavy atom. The molecule has 142 valence electrons. The van der Waals surface area contributed by atoms with Gasteiger partial charge in [0.2, 0.25) is 0 Å². The van der Waals surface area contributed by atoms with E-state index in [9.17, 15) is 0 Å². The van der Waals surface area contributed by atoms with Crippen molar-refractivity contribution in [2.24, 2.45) is 10.9 Å². The number of nitrogens with zero attached hydrogens (tertiary/aromatic N) is 1. The molecule has 0 aromatic carbocycles. The number of nitrogens with one attached hydrogen (secondary N) is 2. The van der Waals surface area contributed by atoms with E-state index in [4.69, 9.17) is 9.47 Å². The second-order valence-electron chi connectivity index (χ2n) is 6.82. The lowest BCUT2D eigenvalue weighted by Crippen LogP contribution is -2.45. The highest BCUT2D eigenvalue weighted by Crippen LogP contribution is 2.26. The van der Waals surface area contributed by atoms with Gasteiger partial charge in [-0.3, -0.25) is 4.99 Å². The van der Waals surface area contributed by atoms with Crippen LogP contribution in [-0.4, -0.2) is 51.5 Å². The van der Waals surface area contributed by atoms with Crippen LogP contribution >= 0.6 is 24.0 Å². The highest BCUT2D eigenvalue weighted by Gasteiger charge is 2.21. The van der Waals surface area contributed by atoms with Crippen LogP contribution in [0.5, 0.6) is 0 Å². The smallest absolute Gasteiger partial charge is 0.191 e. The molecular formula is C18H36IN3O2. The van der Waals surface area contributed by atoms with Gasteiger partial charge in [0.25, 0.3) is 0 Å². The molecule has 2 fully saturated rings. The van der Waals surface area contributed by atoms with Crippen molar-refractivity contribution in [2.75, 3.05) is 33.4 Å². The van der Waals surface area contributed by atoms with Crippen LogP contribution in [0.4, 0.5) is 0 Å². The van der Waals surface area contributed by atoms with Crippen molar-refractivity contribution in [2.45, 2.75) is 70.4 Å². The van der Waals surface area contributed by atoms with Gasteiger partial charge in [-0.15, -0.1) is 24.0 Å². The molecule has 2 rings (SSSR count). The highest BCUT2D eigenvalue weighted by molar-refractivity contribution is 14.0. The van der Waals surface area contributed by atoms with Crippen molar-refractivity contribution in [3.8, 4) is 0 Å². The third-order valence-electron chi connectivity index (χ3n) is 5.06. The number of ether oxygens (including phenoxy) is 2. The third-order valence-corrected chi connectivity index (χ3v) is 5.06. The van der Waals surface area contributed by atoms with Crippen molar-refractivity contribution in [1.29, 1.82) is 0 Å². The van der Waals surface area contributed by atoms with Gasteiger partial charge >= 0.3 is 0 Å². The molecule has 1 saturated heterocycles. The molecule has 6 heteroatoms. The fourth-order valence-electron chi connectivity index (χ4n) is 3.55. The lowest BCUT2D eigenvalue weighted by molar-refractivity contribution is -0.0320. The molecule has 1 heterocycles. The largest absolute Gasteiger partial charge is 0.381 e. The predicted octanol–water partition coefficient (Wildman–Crippen LogP) is 3.32. The van der Waals surface area contributed by atoms with E-state index in [2.05, 4.69) is 22.5 Å². The van der Waals surface area contributed by atoms with Gasteiger partial charge in [-0.1, -0.05) is 26.2 Å². The number of hydrogen-bond acceptors (Lipinski definition) is 3. The fraction of sp³-hybridized carbons (Fsp3) is 0.944. The molecule has 0 amide bonds. The van der Waals surface area contributed by atoms with Crippen LogP contribution in [0.2, 0.25) is 0 Å². The standard InChI is InChI=1S/C18H35N3O2.HI/c1-3-15-6-4-7-16(14-15)21-18(19-2)20-10-5-11-23-17-8-12-22-13-9-17;/h15-17H,3-14H2,1-2H3,(H2,19,20,21);1H. The van der Waals surface area contributed by atoms with E-state index in [1.165, 1.54) is 32.1 Å². The highest BCUT2D eigenvalue weighted by atomic mass is 127. The van der Waals surface area contributed by atoms with E-state index in [0.29, 0.717) is 12.1 Å². The average Bonchev–Trinajstić information content (AvgIpc) is 2.61. The summed E-state index contributed by atoms with van der Waals surface area (Å²) in [7, 11) is 1.86. The first kappa shape index (κ1) is 22.0. The fourth-order valence-corrected chi connectivity index (χ4v) is 3.55. The van der Waals surface area contributed by atoms with E-state index in [0.717, 1.165) is 57.5 Å². The molecule has 2 atom stereocenters. The molecule has 0 aromatic rings. The van der Waals surface area contributed by atoms with Gasteiger partial charge in [0.05, 0.1) is 6.10 Å². The first-order valence-corrected chi connectivity index (χ1v) is 9.48. The number of rotatable bonds is 7. The molecule has 1 aliphatic heterocycles. The molecule has 2 N–H and O–H groups in total. The minimum atomic E-state index is 0. The van der Waals surface area contributed by atoms with E-state index >= 15 is 0 Å². The number of guanidine groups is 1. The zero-order valence-electron chi connectivity index (χ0n) is 15.4. The Morgan fingerprint density at radius 1 is 1.21 bits per heavy atom. The van der Waals surface area contributed by atoms with Gasteiger partial charge in [-0.05, 0) is 38.0 Å². The van der Waals surface area contributed by atoms with Crippen LogP contribution in [-0.2, 0) is 9.47 Å². The van der Waals surface area contributed by atoms with E-state index in [1.54, 1.807) is 0 Å². The van der Waals surface area contributed by atoms with Crippen LogP contribution in [0.15, 0.2) is 4.99 Å². The Labute approximate surface area is 164 Å². The zero-order chi connectivity index (χ0) is 16.3. The normalized spacial score (nSPS) is 25.8. The zero-order valence-corrected chi connectivity index (χ0v) is 17.7. The maximum atomic E-state index is 5.90. The topological polar surface area (TPSA) is 54.9 Å². The molecule has 5 nitrogen and oxygen atoms in total. The average molecular weight is 453 g/mol. The molecule has 1 aliphatic carbocycles. The van der Waals surface area contributed by atoms with Crippen LogP contribution in [0.25, 0.3) is 0 Å². The second-order valence-corrected chi connectivity index (χ2v) is 6.82. The number of halogens is 1. The van der Waals surface area contributed by atoms with Gasteiger partial charge in [-0.25, -0.2) is 0 Å². The lowest BCUT2D eigenvalue weighted by Gasteiger charge is -2.30. The summed E-state index contributed by atoms with van der Waals surface area (Å²) in [5.41, 5.74) is 0. The van der Waals surface area contributed by atoms with E-state index in [-0.39, 0.29) is 24.0 Å². The second kappa shape index (κ2) is 13.2. The summed E-state index contributed by atoms with van der Waals surface area (Å²) in [4.78, 5) is 4.36. The van der Waals surface area contributed by atoms with Crippen LogP contribution in [0.1, 0.15) is 58.3 Å². The molecule has 1 saturated carbocycles. The molecule has 0 bridgehead atoms. The Kier molecular flexibility index (Phi) is 12.0. The van der Waals surface area contributed by atoms with Crippen molar-refractivity contribution >= 4 is 29.9 Å². The monoisotopic (exact) mass is 453 g/mol. The Balaban J connectivity index is 0.00000288. The van der Waals surface area contributed by atoms with Gasteiger partial charge < -0.3 is 20.1 Å². The summed E-state index contributed by atoms with van der Waals surface area (Å²) in [5, 5.41) is 7.01. The first-order chi connectivity index (χ1) is 11.3. The summed E-state index contributed by atoms with van der Waals surface area (Å²) >= 11 is 0. The Morgan fingerprint density at radius 2 is 2.00 bits per heavy atom. The van der Waals surface area contributed by atoms with Crippen LogP contribution in [0.3, 0.4) is 0 Å². The van der Waals surface area contributed by atoms with Gasteiger partial charge in [0, 0.05) is 39.5 Å². The van der Waals surface area contributed by atoms with Crippen molar-refractivity contribution < 1.29 is 9.47 Å². The van der Waals surface area contributed by atoms with Gasteiger partial charge in [0.15, 0.2) is 5.96 Å². The summed E-state index contributed by atoms with van der Waals surface area (Å²) in [6, 6.07) is 0.582. The summed E-state index contributed by atoms with van der Waals surface area (Å²) < 4.78 is 11.2. The Hall–Kier alpha value is -0.0800. The van der Waals surface area contributed by atoms with E-state index in [1.807, 2.05) is 7.05 Å². The lowest BCUT2D eigenvalue weighted by atomic mass is 9.84. The first-order valence-electron chi connectivity index (χ1n) is 9.48. The van der Waals surface area contributed by atoms with Crippen molar-refractivity contribution in [3.63, 3.8) is 0 Å².